The molecule has 0 saturated heterocycles. The Morgan fingerprint density at radius 2 is 1.72 bits per heavy atom. The Bertz CT molecular complexity index is 335. The number of hydrogen-bond acceptors (Lipinski definition) is 2. The molecular weight excluding hydrogens is 288 g/mol. The number of benzene rings is 1. The van der Waals surface area contributed by atoms with Crippen molar-refractivity contribution in [3.8, 4) is 0 Å². The lowest BCUT2D eigenvalue weighted by Crippen LogP contribution is -2.29. The molecular formula is C15H25BrN2. The Balaban J connectivity index is 2.49. The fourth-order valence-electron chi connectivity index (χ4n) is 2.22. The second kappa shape index (κ2) is 8.68. The second-order valence-electron chi connectivity index (χ2n) is 4.76. The monoisotopic (exact) mass is 312 g/mol. The average Bonchev–Trinajstić information content (AvgIpc) is 2.36. The van der Waals surface area contributed by atoms with Gasteiger partial charge in [0.1, 0.15) is 0 Å². The zero-order valence-electron chi connectivity index (χ0n) is 11.5. The first kappa shape index (κ1) is 15.7. The fraction of sp³-hybridized carbons (Fsp3) is 0.600. The van der Waals surface area contributed by atoms with Crippen LogP contribution < -0.4 is 5.73 Å². The van der Waals surface area contributed by atoms with Crippen molar-refractivity contribution in [1.82, 2.24) is 4.90 Å². The molecule has 0 aromatic heterocycles. The number of nitrogens with two attached hydrogens (primary N) is 1. The highest BCUT2D eigenvalue weighted by atomic mass is 79.9. The first-order chi connectivity index (χ1) is 8.69. The molecule has 0 aliphatic rings. The van der Waals surface area contributed by atoms with Gasteiger partial charge in [-0.05, 0) is 50.5 Å². The topological polar surface area (TPSA) is 29.3 Å². The Morgan fingerprint density at radius 1 is 1.11 bits per heavy atom. The van der Waals surface area contributed by atoms with Gasteiger partial charge < -0.3 is 10.6 Å². The standard InChI is InChI=1S/C15H25BrN2/c1-3-10-18(11-4-2)12-9-15(17)13-7-5-6-8-14(13)16/h5-8,15H,3-4,9-12,17H2,1-2H3. The van der Waals surface area contributed by atoms with Crippen LogP contribution in [0.1, 0.15) is 44.7 Å². The summed E-state index contributed by atoms with van der Waals surface area (Å²) in [5.41, 5.74) is 7.49. The molecule has 0 saturated carbocycles. The summed E-state index contributed by atoms with van der Waals surface area (Å²) in [6.45, 7) is 7.91. The van der Waals surface area contributed by atoms with E-state index in [9.17, 15) is 0 Å². The van der Waals surface area contributed by atoms with E-state index in [2.05, 4.69) is 52.9 Å². The quantitative estimate of drug-likeness (QED) is 0.787. The van der Waals surface area contributed by atoms with E-state index in [0.29, 0.717) is 0 Å². The molecule has 3 heteroatoms. The summed E-state index contributed by atoms with van der Waals surface area (Å²) in [4.78, 5) is 2.51. The molecule has 0 radical (unpaired) electrons. The van der Waals surface area contributed by atoms with Gasteiger partial charge in [0.25, 0.3) is 0 Å². The molecule has 1 unspecified atom stereocenters. The van der Waals surface area contributed by atoms with Crippen molar-refractivity contribution in [3.63, 3.8) is 0 Å². The van der Waals surface area contributed by atoms with Crippen molar-refractivity contribution in [3.05, 3.63) is 34.3 Å². The highest BCUT2D eigenvalue weighted by Crippen LogP contribution is 2.23. The maximum absolute atomic E-state index is 6.28. The zero-order valence-corrected chi connectivity index (χ0v) is 13.1. The van der Waals surface area contributed by atoms with E-state index in [1.54, 1.807) is 0 Å². The van der Waals surface area contributed by atoms with Crippen molar-refractivity contribution in [2.75, 3.05) is 19.6 Å². The summed E-state index contributed by atoms with van der Waals surface area (Å²) in [5.74, 6) is 0. The first-order valence-corrected chi connectivity index (χ1v) is 7.70. The van der Waals surface area contributed by atoms with Crippen LogP contribution in [-0.4, -0.2) is 24.5 Å². The maximum Gasteiger partial charge on any atom is 0.0318 e. The number of nitrogens with zero attached hydrogens (tertiary/aromatic N) is 1. The third-order valence-corrected chi connectivity index (χ3v) is 3.86. The van der Waals surface area contributed by atoms with E-state index >= 15 is 0 Å². The highest BCUT2D eigenvalue weighted by molar-refractivity contribution is 9.10. The number of halogens is 1. The fourth-order valence-corrected chi connectivity index (χ4v) is 2.80. The predicted molar refractivity (Wildman–Crippen MR) is 82.7 cm³/mol. The molecule has 102 valence electrons. The molecule has 2 N–H and O–H groups in total. The number of hydrogen-bond donors (Lipinski definition) is 1. The summed E-state index contributed by atoms with van der Waals surface area (Å²) >= 11 is 3.57. The van der Waals surface area contributed by atoms with Crippen LogP contribution in [0.2, 0.25) is 0 Å². The van der Waals surface area contributed by atoms with Gasteiger partial charge in [0, 0.05) is 10.5 Å². The van der Waals surface area contributed by atoms with Gasteiger partial charge in [0.05, 0.1) is 0 Å². The summed E-state index contributed by atoms with van der Waals surface area (Å²) in [7, 11) is 0. The van der Waals surface area contributed by atoms with E-state index in [-0.39, 0.29) is 6.04 Å². The SMILES string of the molecule is CCCN(CCC)CCC(N)c1ccccc1Br. The van der Waals surface area contributed by atoms with Crippen LogP contribution in [0.3, 0.4) is 0 Å². The first-order valence-electron chi connectivity index (χ1n) is 6.91. The summed E-state index contributed by atoms with van der Waals surface area (Å²) in [6, 6.07) is 8.37. The minimum atomic E-state index is 0.122. The van der Waals surface area contributed by atoms with Crippen LogP contribution >= 0.6 is 15.9 Å². The van der Waals surface area contributed by atoms with Crippen LogP contribution in [0.4, 0.5) is 0 Å². The molecule has 1 aromatic rings. The molecule has 0 aliphatic heterocycles. The van der Waals surface area contributed by atoms with Crippen LogP contribution in [0, 0.1) is 0 Å². The predicted octanol–water partition coefficient (Wildman–Crippen LogP) is 3.96. The molecule has 18 heavy (non-hydrogen) atoms. The van der Waals surface area contributed by atoms with Crippen LogP contribution in [0.5, 0.6) is 0 Å². The van der Waals surface area contributed by atoms with Gasteiger partial charge in [-0.2, -0.15) is 0 Å². The van der Waals surface area contributed by atoms with Crippen molar-refractivity contribution < 1.29 is 0 Å². The molecule has 0 spiro atoms. The summed E-state index contributed by atoms with van der Waals surface area (Å²) in [5, 5.41) is 0. The number of rotatable bonds is 8. The van der Waals surface area contributed by atoms with Crippen LogP contribution in [0.25, 0.3) is 0 Å². The second-order valence-corrected chi connectivity index (χ2v) is 5.61. The molecule has 0 heterocycles. The highest BCUT2D eigenvalue weighted by Gasteiger charge is 2.11. The minimum Gasteiger partial charge on any atom is -0.324 e. The van der Waals surface area contributed by atoms with Crippen molar-refractivity contribution >= 4 is 15.9 Å². The smallest absolute Gasteiger partial charge is 0.0318 e. The van der Waals surface area contributed by atoms with E-state index in [1.807, 2.05) is 6.07 Å². The van der Waals surface area contributed by atoms with Gasteiger partial charge in [-0.3, -0.25) is 0 Å². The largest absolute Gasteiger partial charge is 0.324 e. The third kappa shape index (κ3) is 5.09. The van der Waals surface area contributed by atoms with E-state index in [0.717, 1.165) is 17.4 Å². The Hall–Kier alpha value is -0.380. The molecule has 0 aliphatic carbocycles. The van der Waals surface area contributed by atoms with Gasteiger partial charge in [-0.25, -0.2) is 0 Å². The van der Waals surface area contributed by atoms with Gasteiger partial charge in [-0.1, -0.05) is 48.0 Å². The van der Waals surface area contributed by atoms with Gasteiger partial charge in [0.2, 0.25) is 0 Å². The molecule has 0 bridgehead atoms. The van der Waals surface area contributed by atoms with E-state index < -0.39 is 0 Å². The lowest BCUT2D eigenvalue weighted by molar-refractivity contribution is 0.264. The third-order valence-electron chi connectivity index (χ3n) is 3.14. The molecule has 0 amide bonds. The van der Waals surface area contributed by atoms with Gasteiger partial charge in [0.15, 0.2) is 0 Å². The average molecular weight is 313 g/mol. The lowest BCUT2D eigenvalue weighted by Gasteiger charge is -2.23. The minimum absolute atomic E-state index is 0.122. The van der Waals surface area contributed by atoms with Crippen LogP contribution in [-0.2, 0) is 0 Å². The molecule has 1 aromatic carbocycles. The lowest BCUT2D eigenvalue weighted by atomic mass is 10.0. The van der Waals surface area contributed by atoms with Crippen molar-refractivity contribution in [2.24, 2.45) is 5.73 Å². The van der Waals surface area contributed by atoms with Gasteiger partial charge >= 0.3 is 0 Å². The Morgan fingerprint density at radius 3 is 2.28 bits per heavy atom. The summed E-state index contributed by atoms with van der Waals surface area (Å²) < 4.78 is 1.12. The van der Waals surface area contributed by atoms with E-state index in [4.69, 9.17) is 5.73 Å². The normalized spacial score (nSPS) is 12.9. The van der Waals surface area contributed by atoms with Crippen LogP contribution in [0.15, 0.2) is 28.7 Å². The zero-order chi connectivity index (χ0) is 13.4. The Kier molecular flexibility index (Phi) is 7.56. The van der Waals surface area contributed by atoms with Gasteiger partial charge in [-0.15, -0.1) is 0 Å². The van der Waals surface area contributed by atoms with Crippen molar-refractivity contribution in [1.29, 1.82) is 0 Å². The molecule has 1 atom stereocenters. The van der Waals surface area contributed by atoms with Crippen molar-refractivity contribution in [2.45, 2.75) is 39.2 Å². The summed E-state index contributed by atoms with van der Waals surface area (Å²) in [6.07, 6.45) is 3.44. The Labute approximate surface area is 120 Å². The molecule has 1 rings (SSSR count). The van der Waals surface area contributed by atoms with E-state index in [1.165, 1.54) is 31.5 Å². The maximum atomic E-state index is 6.28. The molecule has 0 fully saturated rings. The molecule has 2 nitrogen and oxygen atoms in total.